The van der Waals surface area contributed by atoms with Crippen molar-refractivity contribution in [3.8, 4) is 11.5 Å². The van der Waals surface area contributed by atoms with Crippen LogP contribution in [0.2, 0.25) is 0 Å². The second kappa shape index (κ2) is 8.23. The molecular weight excluding hydrogens is 310 g/mol. The minimum Gasteiger partial charge on any atom is -0.493 e. The van der Waals surface area contributed by atoms with Crippen molar-refractivity contribution in [1.82, 2.24) is 5.32 Å². The van der Waals surface area contributed by atoms with Crippen molar-refractivity contribution in [3.05, 3.63) is 59.2 Å². The molecule has 0 saturated heterocycles. The Bertz CT molecular complexity index is 624. The van der Waals surface area contributed by atoms with Gasteiger partial charge < -0.3 is 14.8 Å². The van der Waals surface area contributed by atoms with Gasteiger partial charge >= 0.3 is 0 Å². The Labute approximate surface area is 144 Å². The molecule has 3 rings (SSSR count). The molecule has 1 aliphatic carbocycles. The van der Waals surface area contributed by atoms with E-state index < -0.39 is 0 Å². The normalized spacial score (nSPS) is 13.3. The summed E-state index contributed by atoms with van der Waals surface area (Å²) in [6.45, 7) is 3.53. The summed E-state index contributed by atoms with van der Waals surface area (Å²) in [5.74, 6) is 1.58. The number of rotatable bonds is 7. The summed E-state index contributed by atoms with van der Waals surface area (Å²) in [5, 5.41) is 3.51. The van der Waals surface area contributed by atoms with E-state index in [4.69, 9.17) is 9.47 Å². The third-order valence-corrected chi connectivity index (χ3v) is 3.92. The van der Waals surface area contributed by atoms with E-state index in [1.807, 2.05) is 6.07 Å². The summed E-state index contributed by atoms with van der Waals surface area (Å²) in [7, 11) is 1.69. The van der Waals surface area contributed by atoms with Crippen LogP contribution in [0.25, 0.3) is 0 Å². The largest absolute Gasteiger partial charge is 0.493 e. The molecule has 2 aromatic rings. The van der Waals surface area contributed by atoms with Crippen molar-refractivity contribution >= 4 is 12.4 Å². The van der Waals surface area contributed by atoms with E-state index in [1.165, 1.54) is 24.0 Å². The number of ether oxygens (including phenoxy) is 2. The third kappa shape index (κ3) is 5.15. The Morgan fingerprint density at radius 1 is 1.00 bits per heavy atom. The molecule has 0 unspecified atom stereocenters. The first kappa shape index (κ1) is 17.6. The zero-order valence-electron chi connectivity index (χ0n) is 13.7. The minimum absolute atomic E-state index is 0. The zero-order valence-corrected chi connectivity index (χ0v) is 14.5. The number of aryl methyl sites for hydroxylation is 1. The fourth-order valence-electron chi connectivity index (χ4n) is 2.34. The number of hydrogen-bond donors (Lipinski definition) is 1. The van der Waals surface area contributed by atoms with E-state index >= 15 is 0 Å². The van der Waals surface area contributed by atoms with Crippen LogP contribution in [0, 0.1) is 6.92 Å². The van der Waals surface area contributed by atoms with Gasteiger partial charge in [0.1, 0.15) is 6.61 Å². The molecule has 0 aromatic heterocycles. The molecule has 23 heavy (non-hydrogen) atoms. The number of methoxy groups -OCH3 is 1. The van der Waals surface area contributed by atoms with Crippen LogP contribution in [-0.4, -0.2) is 13.2 Å². The van der Waals surface area contributed by atoms with Crippen LogP contribution in [0.1, 0.15) is 29.5 Å². The highest BCUT2D eigenvalue weighted by atomic mass is 35.5. The highest BCUT2D eigenvalue weighted by Gasteiger charge is 2.20. The van der Waals surface area contributed by atoms with Crippen molar-refractivity contribution in [2.45, 2.75) is 39.0 Å². The molecule has 0 spiro atoms. The molecule has 0 atom stereocenters. The summed E-state index contributed by atoms with van der Waals surface area (Å²) >= 11 is 0. The van der Waals surface area contributed by atoms with Crippen molar-refractivity contribution in [1.29, 1.82) is 0 Å². The second-order valence-corrected chi connectivity index (χ2v) is 5.91. The van der Waals surface area contributed by atoms with Crippen LogP contribution < -0.4 is 14.8 Å². The summed E-state index contributed by atoms with van der Waals surface area (Å²) in [6.07, 6.45) is 2.60. The summed E-state index contributed by atoms with van der Waals surface area (Å²) in [6, 6.07) is 15.2. The predicted octanol–water partition coefficient (Wildman–Crippen LogP) is 4.26. The molecule has 1 fully saturated rings. The van der Waals surface area contributed by atoms with E-state index in [0.29, 0.717) is 12.6 Å². The maximum atomic E-state index is 5.90. The highest BCUT2D eigenvalue weighted by Crippen LogP contribution is 2.29. The lowest BCUT2D eigenvalue weighted by molar-refractivity contribution is 0.284. The van der Waals surface area contributed by atoms with Gasteiger partial charge in [0.15, 0.2) is 11.5 Å². The average Bonchev–Trinajstić information content (AvgIpc) is 3.37. The van der Waals surface area contributed by atoms with Gasteiger partial charge in [0, 0.05) is 12.6 Å². The number of halogens is 1. The lowest BCUT2D eigenvalue weighted by Gasteiger charge is -2.13. The maximum Gasteiger partial charge on any atom is 0.161 e. The number of nitrogens with one attached hydrogen (secondary N) is 1. The van der Waals surface area contributed by atoms with Crippen molar-refractivity contribution in [3.63, 3.8) is 0 Å². The van der Waals surface area contributed by atoms with Gasteiger partial charge in [-0.05, 0) is 43.0 Å². The smallest absolute Gasteiger partial charge is 0.161 e. The highest BCUT2D eigenvalue weighted by molar-refractivity contribution is 5.85. The third-order valence-electron chi connectivity index (χ3n) is 3.92. The topological polar surface area (TPSA) is 30.5 Å². The standard InChI is InChI=1S/C19H23NO2.ClH/c1-14-3-5-15(6-4-14)13-22-18-10-7-16(11-19(18)21-2)12-20-17-8-9-17;/h3-7,10-11,17,20H,8-9,12-13H2,1-2H3;1H. The molecule has 1 aliphatic rings. The monoisotopic (exact) mass is 333 g/mol. The zero-order chi connectivity index (χ0) is 15.4. The lowest BCUT2D eigenvalue weighted by atomic mass is 10.1. The Hall–Kier alpha value is -1.71. The fourth-order valence-corrected chi connectivity index (χ4v) is 2.34. The van der Waals surface area contributed by atoms with E-state index in [-0.39, 0.29) is 12.4 Å². The summed E-state index contributed by atoms with van der Waals surface area (Å²) in [5.41, 5.74) is 3.65. The average molecular weight is 334 g/mol. The molecule has 0 amide bonds. The first-order valence-corrected chi connectivity index (χ1v) is 7.83. The number of benzene rings is 2. The Morgan fingerprint density at radius 2 is 1.70 bits per heavy atom. The first-order valence-electron chi connectivity index (χ1n) is 7.83. The molecule has 0 aliphatic heterocycles. The van der Waals surface area contributed by atoms with Crippen LogP contribution in [0.3, 0.4) is 0 Å². The van der Waals surface area contributed by atoms with Gasteiger partial charge in [-0.15, -0.1) is 12.4 Å². The summed E-state index contributed by atoms with van der Waals surface area (Å²) < 4.78 is 11.4. The van der Waals surface area contributed by atoms with Gasteiger partial charge in [0.25, 0.3) is 0 Å². The van der Waals surface area contributed by atoms with Crippen LogP contribution in [0.5, 0.6) is 11.5 Å². The second-order valence-electron chi connectivity index (χ2n) is 5.91. The van der Waals surface area contributed by atoms with Gasteiger partial charge in [0.05, 0.1) is 7.11 Å². The molecule has 4 heteroatoms. The van der Waals surface area contributed by atoms with Crippen molar-refractivity contribution < 1.29 is 9.47 Å². The molecule has 0 bridgehead atoms. The molecule has 1 N–H and O–H groups in total. The lowest BCUT2D eigenvalue weighted by Crippen LogP contribution is -2.15. The van der Waals surface area contributed by atoms with Crippen LogP contribution >= 0.6 is 12.4 Å². The predicted molar refractivity (Wildman–Crippen MR) is 95.6 cm³/mol. The Kier molecular flexibility index (Phi) is 6.31. The van der Waals surface area contributed by atoms with E-state index in [9.17, 15) is 0 Å². The molecule has 1 saturated carbocycles. The molecule has 2 aromatic carbocycles. The molecule has 124 valence electrons. The first-order chi connectivity index (χ1) is 10.7. The Morgan fingerprint density at radius 3 is 2.35 bits per heavy atom. The molecule has 0 heterocycles. The van der Waals surface area contributed by atoms with Crippen molar-refractivity contribution in [2.24, 2.45) is 0 Å². The Balaban J connectivity index is 0.00000192. The van der Waals surface area contributed by atoms with Crippen LogP contribution in [0.15, 0.2) is 42.5 Å². The maximum absolute atomic E-state index is 5.90. The van der Waals surface area contributed by atoms with Gasteiger partial charge in [-0.2, -0.15) is 0 Å². The van der Waals surface area contributed by atoms with Gasteiger partial charge in [0.2, 0.25) is 0 Å². The van der Waals surface area contributed by atoms with Crippen molar-refractivity contribution in [2.75, 3.05) is 7.11 Å². The van der Waals surface area contributed by atoms with E-state index in [0.717, 1.165) is 23.6 Å². The van der Waals surface area contributed by atoms with E-state index in [2.05, 4.69) is 48.6 Å². The molecule has 0 radical (unpaired) electrons. The minimum atomic E-state index is 0. The quantitative estimate of drug-likeness (QED) is 0.821. The molecular formula is C19H24ClNO2. The van der Waals surface area contributed by atoms with Gasteiger partial charge in [-0.3, -0.25) is 0 Å². The van der Waals surface area contributed by atoms with Crippen LogP contribution in [0.4, 0.5) is 0 Å². The van der Waals surface area contributed by atoms with Gasteiger partial charge in [-0.1, -0.05) is 35.9 Å². The fraction of sp³-hybridized carbons (Fsp3) is 0.368. The van der Waals surface area contributed by atoms with Crippen LogP contribution in [-0.2, 0) is 13.2 Å². The number of hydrogen-bond acceptors (Lipinski definition) is 3. The molecule has 3 nitrogen and oxygen atoms in total. The summed E-state index contributed by atoms with van der Waals surface area (Å²) in [4.78, 5) is 0. The van der Waals surface area contributed by atoms with Gasteiger partial charge in [-0.25, -0.2) is 0 Å². The van der Waals surface area contributed by atoms with E-state index in [1.54, 1.807) is 7.11 Å². The SMILES string of the molecule is COc1cc(CNC2CC2)ccc1OCc1ccc(C)cc1.Cl.